The molecule has 1 amide bonds. The van der Waals surface area contributed by atoms with Gasteiger partial charge in [-0.25, -0.2) is 9.18 Å². The van der Waals surface area contributed by atoms with Gasteiger partial charge in [0, 0.05) is 35.6 Å². The summed E-state index contributed by atoms with van der Waals surface area (Å²) in [6.45, 7) is 4.60. The SMILES string of the molecule is COC(=O)c1cc(N2CCCC2=O)cc(-n2c(C)ccc2-c2cc(F)ccc2OC)c1.Cc1ccccc1. The highest BCUT2D eigenvalue weighted by atomic mass is 19.1. The van der Waals surface area contributed by atoms with Crippen molar-refractivity contribution >= 4 is 17.6 Å². The fraction of sp³-hybridized carbons (Fsp3) is 0.226. The van der Waals surface area contributed by atoms with E-state index in [1.165, 1.54) is 31.9 Å². The highest BCUT2D eigenvalue weighted by molar-refractivity contribution is 5.98. The van der Waals surface area contributed by atoms with E-state index in [1.807, 2.05) is 47.9 Å². The van der Waals surface area contributed by atoms with Crippen molar-refractivity contribution < 1.29 is 23.5 Å². The van der Waals surface area contributed by atoms with Gasteiger partial charge in [-0.1, -0.05) is 35.9 Å². The number of amides is 1. The second kappa shape index (κ2) is 11.8. The van der Waals surface area contributed by atoms with Gasteiger partial charge in [0.25, 0.3) is 0 Å². The molecule has 1 fully saturated rings. The Balaban J connectivity index is 0.000000417. The van der Waals surface area contributed by atoms with Gasteiger partial charge in [0.1, 0.15) is 11.6 Å². The average molecular weight is 515 g/mol. The summed E-state index contributed by atoms with van der Waals surface area (Å²) in [5.41, 5.74) is 5.11. The third-order valence-corrected chi connectivity index (χ3v) is 6.42. The van der Waals surface area contributed by atoms with Crippen LogP contribution in [-0.2, 0) is 9.53 Å². The van der Waals surface area contributed by atoms with E-state index in [4.69, 9.17) is 9.47 Å². The summed E-state index contributed by atoms with van der Waals surface area (Å²) in [7, 11) is 2.85. The molecule has 1 aliphatic heterocycles. The summed E-state index contributed by atoms with van der Waals surface area (Å²) in [5, 5.41) is 0. The van der Waals surface area contributed by atoms with Crippen molar-refractivity contribution in [1.29, 1.82) is 0 Å². The molecule has 0 N–H and O–H groups in total. The summed E-state index contributed by atoms with van der Waals surface area (Å²) in [5.74, 6) is -0.332. The summed E-state index contributed by atoms with van der Waals surface area (Å²) in [6.07, 6.45) is 1.25. The number of methoxy groups -OCH3 is 2. The number of halogens is 1. The maximum atomic E-state index is 14.1. The van der Waals surface area contributed by atoms with Crippen LogP contribution in [0.3, 0.4) is 0 Å². The second-order valence-corrected chi connectivity index (χ2v) is 9.07. The Morgan fingerprint density at radius 2 is 1.63 bits per heavy atom. The van der Waals surface area contributed by atoms with Crippen molar-refractivity contribution in [1.82, 2.24) is 4.57 Å². The van der Waals surface area contributed by atoms with Gasteiger partial charge in [-0.15, -0.1) is 0 Å². The molecule has 2 heterocycles. The van der Waals surface area contributed by atoms with Gasteiger partial charge in [-0.3, -0.25) is 4.79 Å². The molecule has 6 nitrogen and oxygen atoms in total. The lowest BCUT2D eigenvalue weighted by Crippen LogP contribution is -2.24. The van der Waals surface area contributed by atoms with E-state index >= 15 is 0 Å². The quantitative estimate of drug-likeness (QED) is 0.285. The van der Waals surface area contributed by atoms with Crippen LogP contribution in [0.1, 0.15) is 34.5 Å². The van der Waals surface area contributed by atoms with Crippen molar-refractivity contribution in [2.75, 3.05) is 25.7 Å². The molecule has 38 heavy (non-hydrogen) atoms. The van der Waals surface area contributed by atoms with Crippen molar-refractivity contribution in [3.63, 3.8) is 0 Å². The number of aryl methyl sites for hydroxylation is 2. The monoisotopic (exact) mass is 514 g/mol. The van der Waals surface area contributed by atoms with Crippen LogP contribution in [0, 0.1) is 19.7 Å². The van der Waals surface area contributed by atoms with Crippen molar-refractivity contribution in [2.45, 2.75) is 26.7 Å². The Morgan fingerprint density at radius 1 is 0.895 bits per heavy atom. The van der Waals surface area contributed by atoms with Crippen LogP contribution in [-0.4, -0.2) is 37.2 Å². The molecule has 1 saturated heterocycles. The number of benzene rings is 3. The van der Waals surface area contributed by atoms with E-state index in [1.54, 1.807) is 23.1 Å². The van der Waals surface area contributed by atoms with Gasteiger partial charge in [0.2, 0.25) is 5.91 Å². The number of hydrogen-bond donors (Lipinski definition) is 0. The number of nitrogens with zero attached hydrogens (tertiary/aromatic N) is 2. The smallest absolute Gasteiger partial charge is 0.337 e. The molecule has 0 unspecified atom stereocenters. The second-order valence-electron chi connectivity index (χ2n) is 9.07. The topological polar surface area (TPSA) is 60.8 Å². The molecule has 0 spiro atoms. The Hall–Kier alpha value is -4.39. The van der Waals surface area contributed by atoms with Gasteiger partial charge in [0.05, 0.1) is 25.5 Å². The summed E-state index contributed by atoms with van der Waals surface area (Å²) >= 11 is 0. The van der Waals surface area contributed by atoms with Gasteiger partial charge in [-0.2, -0.15) is 0 Å². The average Bonchev–Trinajstić information content (AvgIpc) is 3.53. The fourth-order valence-electron chi connectivity index (χ4n) is 4.54. The molecule has 0 saturated carbocycles. The maximum Gasteiger partial charge on any atom is 0.337 e. The predicted molar refractivity (Wildman–Crippen MR) is 147 cm³/mol. The Labute approximate surface area is 222 Å². The lowest BCUT2D eigenvalue weighted by molar-refractivity contribution is -0.117. The number of ether oxygens (including phenoxy) is 2. The van der Waals surface area contributed by atoms with E-state index in [0.29, 0.717) is 46.9 Å². The minimum absolute atomic E-state index is 0.0178. The lowest BCUT2D eigenvalue weighted by atomic mass is 10.1. The normalized spacial score (nSPS) is 12.7. The summed E-state index contributed by atoms with van der Waals surface area (Å²) in [4.78, 5) is 26.4. The van der Waals surface area contributed by atoms with E-state index in [0.717, 1.165) is 12.1 Å². The number of esters is 1. The molecule has 0 radical (unpaired) electrons. The minimum atomic E-state index is -0.496. The van der Waals surface area contributed by atoms with Crippen LogP contribution in [0.2, 0.25) is 0 Å². The molecule has 1 aromatic heterocycles. The molecule has 0 bridgehead atoms. The molecule has 4 aromatic rings. The first-order valence-electron chi connectivity index (χ1n) is 12.4. The first-order valence-corrected chi connectivity index (χ1v) is 12.4. The number of hydrogen-bond acceptors (Lipinski definition) is 4. The number of anilines is 1. The van der Waals surface area contributed by atoms with Crippen molar-refractivity contribution in [3.8, 4) is 22.7 Å². The van der Waals surface area contributed by atoms with Crippen molar-refractivity contribution in [2.24, 2.45) is 0 Å². The highest BCUT2D eigenvalue weighted by Gasteiger charge is 2.24. The van der Waals surface area contributed by atoms with Gasteiger partial charge in [0.15, 0.2) is 0 Å². The van der Waals surface area contributed by atoms with Crippen molar-refractivity contribution in [3.05, 3.63) is 102 Å². The van der Waals surface area contributed by atoms with E-state index < -0.39 is 5.97 Å². The number of carbonyl (C=O) groups excluding carboxylic acids is 2. The highest BCUT2D eigenvalue weighted by Crippen LogP contribution is 2.35. The first-order chi connectivity index (χ1) is 18.3. The summed E-state index contributed by atoms with van der Waals surface area (Å²) in [6, 6.07) is 23.6. The van der Waals surface area contributed by atoms with Crippen LogP contribution in [0.4, 0.5) is 10.1 Å². The van der Waals surface area contributed by atoms with Crippen LogP contribution in [0.15, 0.2) is 78.9 Å². The maximum absolute atomic E-state index is 14.1. The van der Waals surface area contributed by atoms with E-state index in [9.17, 15) is 14.0 Å². The minimum Gasteiger partial charge on any atom is -0.496 e. The van der Waals surface area contributed by atoms with E-state index in [-0.39, 0.29) is 11.7 Å². The molecule has 1 aliphatic rings. The number of rotatable bonds is 5. The zero-order chi connectivity index (χ0) is 27.2. The van der Waals surface area contributed by atoms with Crippen LogP contribution in [0.25, 0.3) is 16.9 Å². The molecule has 0 aliphatic carbocycles. The van der Waals surface area contributed by atoms with Gasteiger partial charge < -0.3 is 18.9 Å². The predicted octanol–water partition coefficient (Wildman–Crippen LogP) is 6.51. The van der Waals surface area contributed by atoms with Crippen LogP contribution < -0.4 is 9.64 Å². The largest absolute Gasteiger partial charge is 0.496 e. The van der Waals surface area contributed by atoms with E-state index in [2.05, 4.69) is 19.1 Å². The molecular weight excluding hydrogens is 483 g/mol. The zero-order valence-corrected chi connectivity index (χ0v) is 22.0. The number of carbonyl (C=O) groups is 2. The first kappa shape index (κ1) is 26.7. The van der Waals surface area contributed by atoms with Gasteiger partial charge >= 0.3 is 5.97 Å². The molecule has 7 heteroatoms. The summed E-state index contributed by atoms with van der Waals surface area (Å²) < 4.78 is 26.4. The molecule has 0 atom stereocenters. The van der Waals surface area contributed by atoms with Crippen LogP contribution in [0.5, 0.6) is 5.75 Å². The Morgan fingerprint density at radius 3 is 2.24 bits per heavy atom. The Kier molecular flexibility index (Phi) is 8.26. The molecule has 5 rings (SSSR count). The number of aromatic nitrogens is 1. The third-order valence-electron chi connectivity index (χ3n) is 6.42. The lowest BCUT2D eigenvalue weighted by Gasteiger charge is -2.20. The Bertz CT molecular complexity index is 1450. The molecule has 196 valence electrons. The molecular formula is C31H31FN2O4. The zero-order valence-electron chi connectivity index (χ0n) is 22.0. The van der Waals surface area contributed by atoms with Gasteiger partial charge in [-0.05, 0) is 68.8 Å². The third kappa shape index (κ3) is 5.78. The molecule has 3 aromatic carbocycles. The fourth-order valence-corrected chi connectivity index (χ4v) is 4.54. The van der Waals surface area contributed by atoms with Crippen LogP contribution >= 0.6 is 0 Å². The standard InChI is InChI=1S/C24H23FN2O4.C7H8/c1-15-6-8-21(20-13-17(25)7-9-22(20)30-2)27(15)19-12-16(24(29)31-3)11-18(14-19)26-10-4-5-23(26)28;1-7-5-3-2-4-6-7/h6-9,11-14H,4-5,10H2,1-3H3;2-6H,1H3.